The molecule has 0 radical (unpaired) electrons. The quantitative estimate of drug-likeness (QED) is 0.450. The van der Waals surface area contributed by atoms with E-state index in [9.17, 15) is 19.8 Å². The molecule has 3 atom stereocenters. The molecule has 3 heterocycles. The number of aliphatic hydroxyl groups is 2. The number of aliphatic hydroxyl groups excluding tert-OH is 2. The van der Waals surface area contributed by atoms with Gasteiger partial charge in [-0.05, 0) is 33.6 Å². The van der Waals surface area contributed by atoms with Gasteiger partial charge in [-0.25, -0.2) is 0 Å². The van der Waals surface area contributed by atoms with Crippen LogP contribution in [-0.2, 0) is 11.2 Å². The van der Waals surface area contributed by atoms with E-state index in [0.29, 0.717) is 12.1 Å². The van der Waals surface area contributed by atoms with E-state index in [2.05, 4.69) is 26.2 Å². The summed E-state index contributed by atoms with van der Waals surface area (Å²) in [6.45, 7) is 0.0981. The number of hydrogen-bond donors (Lipinski definition) is 4. The Labute approximate surface area is 179 Å². The molecule has 0 bridgehead atoms. The molecule has 7 nitrogen and oxygen atoms in total. The highest BCUT2D eigenvalue weighted by atomic mass is 79.9. The summed E-state index contributed by atoms with van der Waals surface area (Å²) in [6.07, 6.45) is -1.63. The molecule has 152 valence electrons. The van der Waals surface area contributed by atoms with E-state index in [-0.39, 0.29) is 24.9 Å². The number of benzene rings is 1. The summed E-state index contributed by atoms with van der Waals surface area (Å²) >= 11 is 4.93. The second-order valence-electron chi connectivity index (χ2n) is 7.11. The largest absolute Gasteiger partial charge is 0.388 e. The van der Waals surface area contributed by atoms with Crippen LogP contribution in [-0.4, -0.2) is 63.3 Å². The number of H-pyrrole nitrogens is 1. The Morgan fingerprint density at radius 3 is 2.55 bits per heavy atom. The van der Waals surface area contributed by atoms with Crippen LogP contribution in [0, 0.1) is 0 Å². The first kappa shape index (κ1) is 20.1. The topological polar surface area (TPSA) is 106 Å². The first-order valence-corrected chi connectivity index (χ1v) is 10.8. The van der Waals surface area contributed by atoms with Crippen LogP contribution in [0.4, 0.5) is 0 Å². The van der Waals surface area contributed by atoms with Gasteiger partial charge in [0.2, 0.25) is 5.91 Å². The van der Waals surface area contributed by atoms with Crippen molar-refractivity contribution < 1.29 is 19.8 Å². The van der Waals surface area contributed by atoms with Crippen molar-refractivity contribution in [2.75, 3.05) is 13.1 Å². The van der Waals surface area contributed by atoms with Crippen molar-refractivity contribution in [2.45, 2.75) is 24.7 Å². The number of carbonyl (C=O) groups is 2. The lowest BCUT2D eigenvalue weighted by Crippen LogP contribution is -2.49. The van der Waals surface area contributed by atoms with E-state index < -0.39 is 18.2 Å². The number of thiophene rings is 1. The smallest absolute Gasteiger partial charge is 0.268 e. The minimum Gasteiger partial charge on any atom is -0.388 e. The van der Waals surface area contributed by atoms with Crippen LogP contribution in [0.25, 0.3) is 10.2 Å². The van der Waals surface area contributed by atoms with Gasteiger partial charge in [0.05, 0.1) is 26.2 Å². The molecule has 1 aliphatic heterocycles. The molecule has 1 saturated heterocycles. The molecule has 3 aromatic rings. The minimum absolute atomic E-state index is 0.0490. The van der Waals surface area contributed by atoms with Crippen molar-refractivity contribution in [3.8, 4) is 0 Å². The SMILES string of the molecule is O=C(N[C@@H](Cc1ccccc1)C(=O)N1CC(O)C(O)C1)c1cc2sc(Br)cc2[nH]1. The second kappa shape index (κ2) is 8.27. The van der Waals surface area contributed by atoms with Gasteiger partial charge in [0, 0.05) is 19.5 Å². The van der Waals surface area contributed by atoms with E-state index in [1.165, 1.54) is 16.2 Å². The zero-order valence-corrected chi connectivity index (χ0v) is 17.7. The summed E-state index contributed by atoms with van der Waals surface area (Å²) in [5.74, 6) is -0.701. The third-order valence-electron chi connectivity index (χ3n) is 4.98. The Kier molecular flexibility index (Phi) is 5.73. The lowest BCUT2D eigenvalue weighted by molar-refractivity contribution is -0.132. The first-order valence-electron chi connectivity index (χ1n) is 9.18. The maximum Gasteiger partial charge on any atom is 0.268 e. The molecule has 4 N–H and O–H groups in total. The summed E-state index contributed by atoms with van der Waals surface area (Å²) in [5.41, 5.74) is 2.14. The van der Waals surface area contributed by atoms with Gasteiger partial charge in [-0.15, -0.1) is 11.3 Å². The molecule has 0 aliphatic carbocycles. The van der Waals surface area contributed by atoms with Crippen LogP contribution in [0.1, 0.15) is 16.1 Å². The molecule has 0 saturated carbocycles. The molecule has 29 heavy (non-hydrogen) atoms. The number of fused-ring (bicyclic) bond motifs is 1. The van der Waals surface area contributed by atoms with E-state index >= 15 is 0 Å². The van der Waals surface area contributed by atoms with Gasteiger partial charge < -0.3 is 25.4 Å². The van der Waals surface area contributed by atoms with Crippen molar-refractivity contribution in [1.29, 1.82) is 0 Å². The number of rotatable bonds is 5. The number of carbonyl (C=O) groups excluding carboxylic acids is 2. The molecule has 9 heteroatoms. The highest BCUT2D eigenvalue weighted by molar-refractivity contribution is 9.11. The number of nitrogens with one attached hydrogen (secondary N) is 2. The molecule has 0 spiro atoms. The number of aromatic amines is 1. The molecule has 4 rings (SSSR count). The number of hydrogen-bond acceptors (Lipinski definition) is 5. The molecule has 1 fully saturated rings. The normalized spacial score (nSPS) is 20.2. The molecule has 1 aromatic carbocycles. The summed E-state index contributed by atoms with van der Waals surface area (Å²) in [7, 11) is 0. The highest BCUT2D eigenvalue weighted by Crippen LogP contribution is 2.30. The fourth-order valence-electron chi connectivity index (χ4n) is 3.47. The van der Waals surface area contributed by atoms with Crippen molar-refractivity contribution in [3.63, 3.8) is 0 Å². The van der Waals surface area contributed by atoms with Gasteiger partial charge in [0.1, 0.15) is 11.7 Å². The molecule has 1 aliphatic rings. The fourth-order valence-corrected chi connectivity index (χ4v) is 5.00. The third-order valence-corrected chi connectivity index (χ3v) is 6.56. The van der Waals surface area contributed by atoms with Crippen molar-refractivity contribution in [3.05, 3.63) is 57.5 Å². The molecular weight excluding hydrogens is 458 g/mol. The van der Waals surface area contributed by atoms with Gasteiger partial charge in [0.25, 0.3) is 5.91 Å². The van der Waals surface area contributed by atoms with Crippen molar-refractivity contribution >= 4 is 49.3 Å². The Morgan fingerprint density at radius 2 is 1.90 bits per heavy atom. The van der Waals surface area contributed by atoms with Gasteiger partial charge in [-0.3, -0.25) is 9.59 Å². The van der Waals surface area contributed by atoms with Crippen LogP contribution >= 0.6 is 27.3 Å². The Morgan fingerprint density at radius 1 is 1.21 bits per heavy atom. The van der Waals surface area contributed by atoms with Crippen LogP contribution in [0.2, 0.25) is 0 Å². The average Bonchev–Trinajstić information content (AvgIpc) is 3.34. The van der Waals surface area contributed by atoms with Crippen LogP contribution in [0.5, 0.6) is 0 Å². The lowest BCUT2D eigenvalue weighted by Gasteiger charge is -2.24. The fraction of sp³-hybridized carbons (Fsp3) is 0.300. The van der Waals surface area contributed by atoms with Gasteiger partial charge in [-0.1, -0.05) is 30.3 Å². The standard InChI is InChI=1S/C20H20BrN3O4S/c21-18-8-12-17(29-18)7-13(22-12)19(27)23-14(6-11-4-2-1-3-5-11)20(28)24-9-15(25)16(26)10-24/h1-5,7-8,14-16,22,25-26H,6,9-10H2,(H,23,27)/t14-,15?,16?/m0/s1. The zero-order chi connectivity index (χ0) is 20.5. The highest BCUT2D eigenvalue weighted by Gasteiger charge is 2.36. The predicted molar refractivity (Wildman–Crippen MR) is 114 cm³/mol. The van der Waals surface area contributed by atoms with Crippen LogP contribution in [0.15, 0.2) is 46.3 Å². The lowest BCUT2D eigenvalue weighted by atomic mass is 10.0. The minimum atomic E-state index is -0.972. The van der Waals surface area contributed by atoms with E-state index in [0.717, 1.165) is 19.6 Å². The number of likely N-dealkylation sites (tertiary alicyclic amines) is 1. The first-order chi connectivity index (χ1) is 13.9. The predicted octanol–water partition coefficient (Wildman–Crippen LogP) is 1.90. The zero-order valence-electron chi connectivity index (χ0n) is 15.3. The second-order valence-corrected chi connectivity index (χ2v) is 9.57. The van der Waals surface area contributed by atoms with Gasteiger partial charge in [0.15, 0.2) is 0 Å². The summed E-state index contributed by atoms with van der Waals surface area (Å²) in [6, 6.07) is 12.3. The molecule has 2 unspecified atom stereocenters. The van der Waals surface area contributed by atoms with Crippen LogP contribution < -0.4 is 5.32 Å². The summed E-state index contributed by atoms with van der Waals surface area (Å²) in [4.78, 5) is 30.3. The number of β-amino-alcohol motifs (C(OH)–C–C–N with tert-alkyl or cyclic N) is 2. The average molecular weight is 478 g/mol. The Hall–Kier alpha value is -2.20. The monoisotopic (exact) mass is 477 g/mol. The maximum absolute atomic E-state index is 13.0. The maximum atomic E-state index is 13.0. The molecule has 2 aromatic heterocycles. The number of aromatic nitrogens is 1. The van der Waals surface area contributed by atoms with E-state index in [1.54, 1.807) is 6.07 Å². The Bertz CT molecular complexity index is 993. The van der Waals surface area contributed by atoms with E-state index in [4.69, 9.17) is 0 Å². The van der Waals surface area contributed by atoms with Crippen molar-refractivity contribution in [2.24, 2.45) is 0 Å². The number of amides is 2. The summed E-state index contributed by atoms with van der Waals surface area (Å²) < 4.78 is 1.91. The van der Waals surface area contributed by atoms with Gasteiger partial charge in [-0.2, -0.15) is 0 Å². The third kappa shape index (κ3) is 4.37. The summed E-state index contributed by atoms with van der Waals surface area (Å²) in [5, 5.41) is 22.4. The van der Waals surface area contributed by atoms with Crippen LogP contribution in [0.3, 0.4) is 0 Å². The van der Waals surface area contributed by atoms with Gasteiger partial charge >= 0.3 is 0 Å². The Balaban J connectivity index is 1.54. The molecule has 2 amide bonds. The van der Waals surface area contributed by atoms with E-state index in [1.807, 2.05) is 36.4 Å². The van der Waals surface area contributed by atoms with Crippen molar-refractivity contribution in [1.82, 2.24) is 15.2 Å². The number of halogens is 1. The number of nitrogens with zero attached hydrogens (tertiary/aromatic N) is 1. The molecular formula is C20H20BrN3O4S.